The second-order valence-corrected chi connectivity index (χ2v) is 14.4. The molecule has 11 atom stereocenters. The van der Waals surface area contributed by atoms with Crippen LogP contribution in [0.3, 0.4) is 0 Å². The molecule has 5 heteroatoms. The summed E-state index contributed by atoms with van der Waals surface area (Å²) in [5.41, 5.74) is -3.08. The summed E-state index contributed by atoms with van der Waals surface area (Å²) in [5, 5.41) is 21.2. The molecule has 0 saturated heterocycles. The molecule has 0 bridgehead atoms. The van der Waals surface area contributed by atoms with Crippen LogP contribution in [-0.4, -0.2) is 27.6 Å². The van der Waals surface area contributed by atoms with Gasteiger partial charge in [0.15, 0.2) is 5.60 Å². The molecule has 0 aromatic rings. The summed E-state index contributed by atoms with van der Waals surface area (Å²) < 4.78 is 40.2. The first-order chi connectivity index (χ1) is 16.5. The number of aliphatic hydroxyl groups is 2. The van der Waals surface area contributed by atoms with Crippen LogP contribution in [0.25, 0.3) is 0 Å². The summed E-state index contributed by atoms with van der Waals surface area (Å²) in [7, 11) is 0. The lowest BCUT2D eigenvalue weighted by Crippen LogP contribution is -2.57. The molecule has 2 N–H and O–H groups in total. The number of hydrogen-bond donors (Lipinski definition) is 2. The van der Waals surface area contributed by atoms with E-state index in [4.69, 9.17) is 0 Å². The predicted molar refractivity (Wildman–Crippen MR) is 139 cm³/mol. The third-order valence-electron chi connectivity index (χ3n) is 13.1. The minimum absolute atomic E-state index is 0.0147. The van der Waals surface area contributed by atoms with Crippen LogP contribution < -0.4 is 0 Å². The van der Waals surface area contributed by atoms with Crippen LogP contribution in [0.1, 0.15) is 112 Å². The van der Waals surface area contributed by atoms with Gasteiger partial charge in [-0.3, -0.25) is 0 Å². The van der Waals surface area contributed by atoms with Gasteiger partial charge in [-0.1, -0.05) is 40.7 Å². The molecule has 0 spiro atoms. The first-order valence-electron chi connectivity index (χ1n) is 14.7. The van der Waals surface area contributed by atoms with Crippen molar-refractivity contribution >= 4 is 0 Å². The Morgan fingerprint density at radius 2 is 1.75 bits per heavy atom. The zero-order valence-corrected chi connectivity index (χ0v) is 23.6. The molecule has 4 aliphatic rings. The minimum Gasteiger partial charge on any atom is -0.390 e. The number of allylic oxidation sites excluding steroid dienone is 1. The van der Waals surface area contributed by atoms with Crippen molar-refractivity contribution in [3.8, 4) is 0 Å². The Bertz CT molecular complexity index is 838. The summed E-state index contributed by atoms with van der Waals surface area (Å²) >= 11 is 0. The lowest BCUT2D eigenvalue weighted by molar-refractivity contribution is -0.256. The van der Waals surface area contributed by atoms with Crippen molar-refractivity contribution in [3.05, 3.63) is 12.7 Å². The van der Waals surface area contributed by atoms with Gasteiger partial charge in [0.05, 0.1) is 5.60 Å². The molecule has 0 aliphatic heterocycles. The summed E-state index contributed by atoms with van der Waals surface area (Å²) in [6.45, 7) is 16.7. The fourth-order valence-electron chi connectivity index (χ4n) is 10.6. The van der Waals surface area contributed by atoms with Crippen LogP contribution in [0, 0.1) is 51.8 Å². The minimum atomic E-state index is -4.61. The molecule has 2 nitrogen and oxygen atoms in total. The Labute approximate surface area is 217 Å². The highest BCUT2D eigenvalue weighted by molar-refractivity contribution is 5.21. The van der Waals surface area contributed by atoms with E-state index in [0.29, 0.717) is 36.0 Å². The Morgan fingerprint density at radius 1 is 1.08 bits per heavy atom. The highest BCUT2D eigenvalue weighted by Crippen LogP contribution is 2.74. The Kier molecular flexibility index (Phi) is 7.11. The van der Waals surface area contributed by atoms with E-state index < -0.39 is 17.4 Å². The number of fused-ring (bicyclic) bond motifs is 5. The Balaban J connectivity index is 1.59. The third-order valence-corrected chi connectivity index (χ3v) is 13.1. The number of halogens is 3. The monoisotopic (exact) mass is 512 g/mol. The molecule has 36 heavy (non-hydrogen) atoms. The van der Waals surface area contributed by atoms with Gasteiger partial charge in [0, 0.05) is 0 Å². The summed E-state index contributed by atoms with van der Waals surface area (Å²) in [6.07, 6.45) is 7.14. The van der Waals surface area contributed by atoms with Gasteiger partial charge >= 0.3 is 6.18 Å². The van der Waals surface area contributed by atoms with Gasteiger partial charge in [-0.15, -0.1) is 6.58 Å². The summed E-state index contributed by atoms with van der Waals surface area (Å²) in [5.74, 6) is 2.84. The number of alkyl halides is 3. The molecule has 0 amide bonds. The van der Waals surface area contributed by atoms with Crippen LogP contribution in [0.2, 0.25) is 0 Å². The lowest BCUT2D eigenvalue weighted by Gasteiger charge is -2.63. The molecule has 4 aliphatic carbocycles. The maximum atomic E-state index is 13.4. The average Bonchev–Trinajstić information content (AvgIpc) is 3.04. The van der Waals surface area contributed by atoms with E-state index in [-0.39, 0.29) is 28.6 Å². The van der Waals surface area contributed by atoms with Gasteiger partial charge in [-0.25, -0.2) is 0 Å². The first kappa shape index (κ1) is 28.5. The fraction of sp³-hybridized carbons (Fsp3) is 0.935. The average molecular weight is 513 g/mol. The van der Waals surface area contributed by atoms with Gasteiger partial charge in [0.2, 0.25) is 0 Å². The summed E-state index contributed by atoms with van der Waals surface area (Å²) in [6, 6.07) is 0. The fourth-order valence-corrected chi connectivity index (χ4v) is 10.6. The predicted octanol–water partition coefficient (Wildman–Crippen LogP) is 8.32. The normalized spacial score (nSPS) is 49.4. The largest absolute Gasteiger partial charge is 0.416 e. The molecule has 4 saturated carbocycles. The van der Waals surface area contributed by atoms with Crippen molar-refractivity contribution in [1.29, 1.82) is 0 Å². The van der Waals surface area contributed by atoms with Gasteiger partial charge in [-0.05, 0) is 129 Å². The standard InChI is InChI=1S/C31H51F3O2/c1-8-29(36)17-16-26(5)22(19-29)10-11-23-24(26)13-14-27(6)25(23)18-21(4)30(27,9-2)20(3)12-15-28(7,35)31(32,33)34/h9,20-25,35-36H,2,8,10-19H2,1,3-7H3/t20-,21-,22+,23-,24+,25+,26+,27+,28-,29+,30+/m1/s1. The molecule has 4 fully saturated rings. The second kappa shape index (κ2) is 9.00. The van der Waals surface area contributed by atoms with Crippen LogP contribution >= 0.6 is 0 Å². The number of hydrogen-bond acceptors (Lipinski definition) is 2. The van der Waals surface area contributed by atoms with Crippen LogP contribution in [0.15, 0.2) is 12.7 Å². The van der Waals surface area contributed by atoms with Gasteiger partial charge in [0.25, 0.3) is 0 Å². The molecular weight excluding hydrogens is 461 g/mol. The van der Waals surface area contributed by atoms with Gasteiger partial charge < -0.3 is 10.2 Å². The number of rotatable bonds is 6. The SMILES string of the molecule is C=C[C@]1([C@H](C)CC[C@@](C)(O)C(F)(F)F)[C@H](C)C[C@H]2[C@@H]3CC[C@H]4C[C@](O)(CC)CC[C@]4(C)[C@H]3CC[C@@]21C. The Hall–Kier alpha value is -0.550. The van der Waals surface area contributed by atoms with E-state index in [1.165, 1.54) is 19.3 Å². The van der Waals surface area contributed by atoms with Crippen molar-refractivity contribution < 1.29 is 23.4 Å². The topological polar surface area (TPSA) is 40.5 Å². The zero-order chi connectivity index (χ0) is 26.9. The van der Waals surface area contributed by atoms with Crippen molar-refractivity contribution in [1.82, 2.24) is 0 Å². The van der Waals surface area contributed by atoms with Crippen LogP contribution in [0.4, 0.5) is 13.2 Å². The molecule has 4 rings (SSSR count). The van der Waals surface area contributed by atoms with Crippen molar-refractivity contribution in [2.75, 3.05) is 0 Å². The highest BCUT2D eigenvalue weighted by Gasteiger charge is 2.67. The Morgan fingerprint density at radius 3 is 2.33 bits per heavy atom. The molecular formula is C31H51F3O2. The van der Waals surface area contributed by atoms with E-state index in [2.05, 4.69) is 47.3 Å². The van der Waals surface area contributed by atoms with Crippen molar-refractivity contribution in [2.24, 2.45) is 51.8 Å². The third kappa shape index (κ3) is 3.95. The van der Waals surface area contributed by atoms with Gasteiger partial charge in [-0.2, -0.15) is 13.2 Å². The molecule has 0 unspecified atom stereocenters. The second-order valence-electron chi connectivity index (χ2n) is 14.4. The van der Waals surface area contributed by atoms with Gasteiger partial charge in [0.1, 0.15) is 0 Å². The molecule has 0 aromatic heterocycles. The van der Waals surface area contributed by atoms with E-state index >= 15 is 0 Å². The maximum Gasteiger partial charge on any atom is 0.416 e. The van der Waals surface area contributed by atoms with E-state index in [0.717, 1.165) is 45.4 Å². The lowest BCUT2D eigenvalue weighted by atomic mass is 9.41. The maximum absolute atomic E-state index is 13.4. The van der Waals surface area contributed by atoms with E-state index in [9.17, 15) is 23.4 Å². The van der Waals surface area contributed by atoms with Crippen molar-refractivity contribution in [3.63, 3.8) is 0 Å². The van der Waals surface area contributed by atoms with Crippen LogP contribution in [-0.2, 0) is 0 Å². The molecule has 0 aromatic carbocycles. The molecule has 0 heterocycles. The quantitative estimate of drug-likeness (QED) is 0.351. The zero-order valence-electron chi connectivity index (χ0n) is 23.6. The van der Waals surface area contributed by atoms with E-state index in [1.807, 2.05) is 0 Å². The van der Waals surface area contributed by atoms with Crippen LogP contribution in [0.5, 0.6) is 0 Å². The highest BCUT2D eigenvalue weighted by atomic mass is 19.4. The van der Waals surface area contributed by atoms with E-state index in [1.54, 1.807) is 0 Å². The smallest absolute Gasteiger partial charge is 0.390 e. The van der Waals surface area contributed by atoms with Crippen molar-refractivity contribution in [2.45, 2.75) is 130 Å². The molecule has 0 radical (unpaired) electrons. The molecule has 208 valence electrons. The first-order valence-corrected chi connectivity index (χ1v) is 14.7. The summed E-state index contributed by atoms with van der Waals surface area (Å²) in [4.78, 5) is 0.